The molecule has 0 amide bonds. The van der Waals surface area contributed by atoms with E-state index in [0.29, 0.717) is 11.8 Å². The maximum atomic E-state index is 5.32. The third-order valence-corrected chi connectivity index (χ3v) is 3.05. The van der Waals surface area contributed by atoms with E-state index in [1.807, 2.05) is 27.7 Å². The Morgan fingerprint density at radius 3 is 2.39 bits per heavy atom. The van der Waals surface area contributed by atoms with Gasteiger partial charge in [0.15, 0.2) is 5.66 Å². The van der Waals surface area contributed by atoms with Crippen LogP contribution in [0.3, 0.4) is 0 Å². The smallest absolute Gasteiger partial charge is 0.258 e. The molecule has 0 radical (unpaired) electrons. The number of ether oxygens (including phenoxy) is 1. The Labute approximate surface area is 116 Å². The van der Waals surface area contributed by atoms with Crippen molar-refractivity contribution >= 4 is 17.4 Å². The van der Waals surface area contributed by atoms with Crippen molar-refractivity contribution in [2.45, 2.75) is 71.0 Å². The van der Waals surface area contributed by atoms with Crippen LogP contribution < -0.4 is 5.32 Å². The molecule has 0 spiro atoms. The van der Waals surface area contributed by atoms with E-state index in [0.717, 1.165) is 25.7 Å². The lowest BCUT2D eigenvalue weighted by molar-refractivity contribution is 0.227. The van der Waals surface area contributed by atoms with Gasteiger partial charge in [-0.3, -0.25) is 0 Å². The first kappa shape index (κ1) is 15.3. The highest BCUT2D eigenvalue weighted by molar-refractivity contribution is 7.80. The second-order valence-corrected chi connectivity index (χ2v) is 6.18. The van der Waals surface area contributed by atoms with Gasteiger partial charge < -0.3 is 10.1 Å². The lowest BCUT2D eigenvalue weighted by Gasteiger charge is -2.34. The van der Waals surface area contributed by atoms with Crippen LogP contribution in [0.1, 0.15) is 59.8 Å². The average Bonchev–Trinajstić information content (AvgIpc) is 2.27. The van der Waals surface area contributed by atoms with Crippen molar-refractivity contribution in [3.8, 4) is 0 Å². The van der Waals surface area contributed by atoms with E-state index < -0.39 is 0 Å². The molecule has 0 aliphatic heterocycles. The lowest BCUT2D eigenvalue weighted by atomic mass is 9.90. The van der Waals surface area contributed by atoms with E-state index in [9.17, 15) is 0 Å². The van der Waals surface area contributed by atoms with Crippen molar-refractivity contribution in [1.29, 1.82) is 0 Å². The van der Waals surface area contributed by atoms with Crippen LogP contribution in [0.25, 0.3) is 0 Å². The highest BCUT2D eigenvalue weighted by Gasteiger charge is 2.33. The van der Waals surface area contributed by atoms with Gasteiger partial charge in [0.25, 0.3) is 5.17 Å². The van der Waals surface area contributed by atoms with Crippen LogP contribution in [-0.4, -0.2) is 23.0 Å². The summed E-state index contributed by atoms with van der Waals surface area (Å²) in [5, 5.41) is 12.7. The van der Waals surface area contributed by atoms with E-state index in [1.54, 1.807) is 0 Å². The van der Waals surface area contributed by atoms with Gasteiger partial charge in [-0.2, -0.15) is 10.2 Å². The molecular formula is C13H25N3OS. The summed E-state index contributed by atoms with van der Waals surface area (Å²) < 4.78 is 5.32. The normalized spacial score (nSPS) is 19.8. The maximum absolute atomic E-state index is 5.32. The largest absolute Gasteiger partial charge is 0.471 e. The van der Waals surface area contributed by atoms with Crippen LogP contribution >= 0.6 is 12.2 Å². The molecule has 18 heavy (non-hydrogen) atoms. The van der Waals surface area contributed by atoms with Crippen LogP contribution in [0, 0.1) is 0 Å². The minimum Gasteiger partial charge on any atom is -0.471 e. The summed E-state index contributed by atoms with van der Waals surface area (Å²) in [7, 11) is 0. The first-order chi connectivity index (χ1) is 8.37. The van der Waals surface area contributed by atoms with Crippen LogP contribution in [0.2, 0.25) is 0 Å². The van der Waals surface area contributed by atoms with E-state index in [-0.39, 0.29) is 11.2 Å². The average molecular weight is 271 g/mol. The minimum atomic E-state index is -0.349. The molecule has 5 heteroatoms. The molecule has 1 N–H and O–H groups in total. The molecule has 0 saturated heterocycles. The Morgan fingerprint density at radius 1 is 1.28 bits per heavy atom. The lowest BCUT2D eigenvalue weighted by Crippen LogP contribution is -2.48. The summed E-state index contributed by atoms with van der Waals surface area (Å²) in [6.45, 7) is 8.66. The molecule has 104 valence electrons. The summed E-state index contributed by atoms with van der Waals surface area (Å²) >= 11 is 5.18. The van der Waals surface area contributed by atoms with Gasteiger partial charge in [0, 0.05) is 0 Å². The van der Waals surface area contributed by atoms with Crippen molar-refractivity contribution < 1.29 is 4.74 Å². The fourth-order valence-corrected chi connectivity index (χ4v) is 2.30. The quantitative estimate of drug-likeness (QED) is 0.627. The molecule has 1 aliphatic carbocycles. The number of nitrogens with zero attached hydrogens (tertiary/aromatic N) is 2. The number of hydrogen-bond donors (Lipinski definition) is 1. The van der Waals surface area contributed by atoms with Gasteiger partial charge in [-0.1, -0.05) is 6.42 Å². The van der Waals surface area contributed by atoms with Crippen molar-refractivity contribution in [3.63, 3.8) is 0 Å². The van der Waals surface area contributed by atoms with Crippen LogP contribution in [0.4, 0.5) is 0 Å². The molecule has 0 aromatic carbocycles. The Morgan fingerprint density at radius 2 is 1.89 bits per heavy atom. The Hall–Kier alpha value is -0.710. The second-order valence-electron chi connectivity index (χ2n) is 5.81. The summed E-state index contributed by atoms with van der Waals surface area (Å²) in [5.41, 5.74) is -0.503. The van der Waals surface area contributed by atoms with Crippen LogP contribution in [0.5, 0.6) is 0 Å². The van der Waals surface area contributed by atoms with Gasteiger partial charge in [0.05, 0.1) is 12.1 Å². The zero-order valence-electron chi connectivity index (χ0n) is 12.0. The molecule has 1 aliphatic rings. The van der Waals surface area contributed by atoms with Gasteiger partial charge in [-0.05, 0) is 65.6 Å². The van der Waals surface area contributed by atoms with Gasteiger partial charge in [0.1, 0.15) is 0 Å². The SMILES string of the molecule is CCOC(=S)NC1(/N=N/C(C)(C)C)CCCCC1. The zero-order valence-corrected chi connectivity index (χ0v) is 12.8. The predicted molar refractivity (Wildman–Crippen MR) is 77.8 cm³/mol. The molecule has 0 heterocycles. The topological polar surface area (TPSA) is 46.0 Å². The number of azo groups is 1. The molecule has 0 bridgehead atoms. The monoisotopic (exact) mass is 271 g/mol. The predicted octanol–water partition coefficient (Wildman–Crippen LogP) is 3.81. The molecule has 0 atom stereocenters. The van der Waals surface area contributed by atoms with Crippen molar-refractivity contribution in [2.75, 3.05) is 6.61 Å². The maximum Gasteiger partial charge on any atom is 0.258 e. The van der Waals surface area contributed by atoms with Crippen molar-refractivity contribution in [3.05, 3.63) is 0 Å². The van der Waals surface area contributed by atoms with E-state index in [2.05, 4.69) is 15.5 Å². The standard InChI is InChI=1S/C13H25N3OS/c1-5-17-11(18)14-13(9-7-6-8-10-13)16-15-12(2,3)4/h5-10H2,1-4H3,(H,14,18)/b16-15+. The Balaban J connectivity index is 2.75. The van der Waals surface area contributed by atoms with Gasteiger partial charge >= 0.3 is 0 Å². The van der Waals surface area contributed by atoms with Gasteiger partial charge in [-0.25, -0.2) is 0 Å². The minimum absolute atomic E-state index is 0.153. The number of rotatable bonds is 3. The Kier molecular flexibility index (Phi) is 5.50. The van der Waals surface area contributed by atoms with Crippen LogP contribution in [0.15, 0.2) is 10.2 Å². The molecule has 1 saturated carbocycles. The molecule has 4 nitrogen and oxygen atoms in total. The highest BCUT2D eigenvalue weighted by atomic mass is 32.1. The van der Waals surface area contributed by atoms with E-state index >= 15 is 0 Å². The third kappa shape index (κ3) is 5.29. The molecule has 0 aromatic heterocycles. The molecular weight excluding hydrogens is 246 g/mol. The zero-order chi connectivity index (χ0) is 13.6. The molecule has 1 fully saturated rings. The summed E-state index contributed by atoms with van der Waals surface area (Å²) in [6, 6.07) is 0. The second kappa shape index (κ2) is 6.45. The number of nitrogens with one attached hydrogen (secondary N) is 1. The van der Waals surface area contributed by atoms with E-state index in [1.165, 1.54) is 6.42 Å². The van der Waals surface area contributed by atoms with Crippen LogP contribution in [-0.2, 0) is 4.74 Å². The van der Waals surface area contributed by atoms with Crippen molar-refractivity contribution in [2.24, 2.45) is 10.2 Å². The summed E-state index contributed by atoms with van der Waals surface area (Å²) in [5.74, 6) is 0. The Bertz CT molecular complexity index is 304. The van der Waals surface area contributed by atoms with Gasteiger partial charge in [0.2, 0.25) is 0 Å². The van der Waals surface area contributed by atoms with Gasteiger partial charge in [-0.15, -0.1) is 0 Å². The first-order valence-electron chi connectivity index (χ1n) is 6.76. The fraction of sp³-hybridized carbons (Fsp3) is 0.923. The third-order valence-electron chi connectivity index (χ3n) is 2.83. The number of hydrogen-bond acceptors (Lipinski definition) is 4. The fourth-order valence-electron chi connectivity index (χ4n) is 1.99. The highest BCUT2D eigenvalue weighted by Crippen LogP contribution is 2.30. The first-order valence-corrected chi connectivity index (χ1v) is 7.17. The molecule has 0 aromatic rings. The molecule has 1 rings (SSSR count). The summed E-state index contributed by atoms with van der Waals surface area (Å²) in [6.07, 6.45) is 5.52. The van der Waals surface area contributed by atoms with E-state index in [4.69, 9.17) is 17.0 Å². The number of thiocarbonyl (C=S) groups is 1. The summed E-state index contributed by atoms with van der Waals surface area (Å²) in [4.78, 5) is 0. The van der Waals surface area contributed by atoms with Crippen molar-refractivity contribution in [1.82, 2.24) is 5.32 Å². The molecule has 0 unspecified atom stereocenters.